The van der Waals surface area contributed by atoms with Crippen LogP contribution in [0.3, 0.4) is 0 Å². The van der Waals surface area contributed by atoms with Crippen LogP contribution < -0.4 is 11.5 Å². The third kappa shape index (κ3) is 7.37. The summed E-state index contributed by atoms with van der Waals surface area (Å²) < 4.78 is 0. The van der Waals surface area contributed by atoms with E-state index in [-0.39, 0.29) is 12.3 Å². The van der Waals surface area contributed by atoms with Crippen LogP contribution in [0.2, 0.25) is 0 Å². The number of hydrogen-bond donors (Lipinski definition) is 3. The zero-order valence-electron chi connectivity index (χ0n) is 11.5. The number of aliphatic carboxylic acids is 1. The van der Waals surface area contributed by atoms with Gasteiger partial charge < -0.3 is 16.6 Å². The number of carbonyl (C=O) groups is 2. The number of rotatable bonds is 4. The first kappa shape index (κ1) is 16.2. The predicted octanol–water partition coefficient (Wildman–Crippen LogP) is 1.61. The molecule has 0 aliphatic rings. The molecule has 0 bridgehead atoms. The third-order valence-corrected chi connectivity index (χ3v) is 2.53. The second-order valence-corrected chi connectivity index (χ2v) is 4.44. The Hall–Kier alpha value is -2.82. The standard InChI is InChI=1S/C8H9NO2.C8H9NO/c9-7-3-1-2-6(4-7)5-8(10)11;9-8(10)6-7-4-2-1-3-5-7/h1-4H,5,9H2,(H,10,11);1-5H,6H2,(H2,9,10). The molecular weight excluding hydrogens is 268 g/mol. The Morgan fingerprint density at radius 1 is 0.905 bits per heavy atom. The van der Waals surface area contributed by atoms with Crippen LogP contribution in [-0.2, 0) is 22.4 Å². The van der Waals surface area contributed by atoms with Crippen molar-refractivity contribution in [2.45, 2.75) is 12.8 Å². The molecule has 0 aliphatic carbocycles. The Morgan fingerprint density at radius 3 is 2.05 bits per heavy atom. The topological polar surface area (TPSA) is 106 Å². The summed E-state index contributed by atoms with van der Waals surface area (Å²) in [4.78, 5) is 20.6. The SMILES string of the molecule is NC(=O)Cc1ccccc1.Nc1cccc(CC(=O)O)c1. The molecule has 0 radical (unpaired) electrons. The summed E-state index contributed by atoms with van der Waals surface area (Å²) in [6, 6.07) is 16.3. The minimum absolute atomic E-state index is 0.0328. The molecule has 0 atom stereocenters. The quantitative estimate of drug-likeness (QED) is 0.742. The monoisotopic (exact) mass is 286 g/mol. The van der Waals surface area contributed by atoms with Gasteiger partial charge in [0.25, 0.3) is 0 Å². The molecule has 0 unspecified atom stereocenters. The highest BCUT2D eigenvalue weighted by atomic mass is 16.4. The number of nitrogen functional groups attached to an aromatic ring is 1. The smallest absolute Gasteiger partial charge is 0.307 e. The molecule has 2 aromatic carbocycles. The van der Waals surface area contributed by atoms with Crippen LogP contribution in [-0.4, -0.2) is 17.0 Å². The lowest BCUT2D eigenvalue weighted by molar-refractivity contribution is -0.136. The summed E-state index contributed by atoms with van der Waals surface area (Å²) in [5, 5.41) is 8.42. The lowest BCUT2D eigenvalue weighted by atomic mass is 10.1. The summed E-state index contributed by atoms with van der Waals surface area (Å²) in [7, 11) is 0. The van der Waals surface area contributed by atoms with E-state index in [0.29, 0.717) is 12.1 Å². The molecule has 5 nitrogen and oxygen atoms in total. The van der Waals surface area contributed by atoms with Crippen molar-refractivity contribution in [1.82, 2.24) is 0 Å². The van der Waals surface area contributed by atoms with Gasteiger partial charge in [0.05, 0.1) is 12.8 Å². The molecule has 5 N–H and O–H groups in total. The number of amides is 1. The summed E-state index contributed by atoms with van der Waals surface area (Å²) in [6.45, 7) is 0. The van der Waals surface area contributed by atoms with E-state index in [2.05, 4.69) is 0 Å². The zero-order chi connectivity index (χ0) is 15.7. The van der Waals surface area contributed by atoms with Crippen LogP contribution in [0.25, 0.3) is 0 Å². The van der Waals surface area contributed by atoms with E-state index < -0.39 is 5.97 Å². The lowest BCUT2D eigenvalue weighted by Gasteiger charge is -1.96. The van der Waals surface area contributed by atoms with Gasteiger partial charge in [-0.25, -0.2) is 0 Å². The minimum atomic E-state index is -0.837. The maximum Gasteiger partial charge on any atom is 0.307 e. The molecule has 0 aromatic heterocycles. The third-order valence-electron chi connectivity index (χ3n) is 2.53. The van der Waals surface area contributed by atoms with E-state index in [1.807, 2.05) is 30.3 Å². The van der Waals surface area contributed by atoms with Crippen LogP contribution in [0, 0.1) is 0 Å². The first-order valence-corrected chi connectivity index (χ1v) is 6.36. The van der Waals surface area contributed by atoms with Crippen LogP contribution in [0.1, 0.15) is 11.1 Å². The molecule has 1 amide bonds. The average Bonchev–Trinajstić information content (AvgIpc) is 2.39. The van der Waals surface area contributed by atoms with E-state index >= 15 is 0 Å². The maximum absolute atomic E-state index is 10.4. The molecule has 110 valence electrons. The fourth-order valence-electron chi connectivity index (χ4n) is 1.67. The number of nitrogens with two attached hydrogens (primary N) is 2. The predicted molar refractivity (Wildman–Crippen MR) is 81.5 cm³/mol. The molecule has 0 aliphatic heterocycles. The number of benzene rings is 2. The van der Waals surface area contributed by atoms with Gasteiger partial charge in [0, 0.05) is 5.69 Å². The molecule has 2 aromatic rings. The normalized spacial score (nSPS) is 9.33. The average molecular weight is 286 g/mol. The van der Waals surface area contributed by atoms with Crippen molar-refractivity contribution in [2.24, 2.45) is 5.73 Å². The van der Waals surface area contributed by atoms with Crippen molar-refractivity contribution in [1.29, 1.82) is 0 Å². The summed E-state index contributed by atoms with van der Waals surface area (Å²) >= 11 is 0. The van der Waals surface area contributed by atoms with Crippen molar-refractivity contribution in [2.75, 3.05) is 5.73 Å². The molecule has 2 rings (SSSR count). The van der Waals surface area contributed by atoms with Crippen molar-refractivity contribution in [3.8, 4) is 0 Å². The number of hydrogen-bond acceptors (Lipinski definition) is 3. The van der Waals surface area contributed by atoms with Gasteiger partial charge in [-0.1, -0.05) is 42.5 Å². The first-order valence-electron chi connectivity index (χ1n) is 6.36. The Morgan fingerprint density at radius 2 is 1.52 bits per heavy atom. The first-order chi connectivity index (χ1) is 9.97. The van der Waals surface area contributed by atoms with Crippen LogP contribution in [0.4, 0.5) is 5.69 Å². The van der Waals surface area contributed by atoms with Crippen molar-refractivity contribution >= 4 is 17.6 Å². The Kier molecular flexibility index (Phi) is 6.47. The van der Waals surface area contributed by atoms with Gasteiger partial charge in [-0.05, 0) is 23.3 Å². The van der Waals surface area contributed by atoms with Crippen LogP contribution in [0.15, 0.2) is 54.6 Å². The lowest BCUT2D eigenvalue weighted by Crippen LogP contribution is -2.13. The molecule has 0 saturated heterocycles. The minimum Gasteiger partial charge on any atom is -0.481 e. The van der Waals surface area contributed by atoms with E-state index in [1.165, 1.54) is 0 Å². The van der Waals surface area contributed by atoms with Crippen molar-refractivity contribution < 1.29 is 14.7 Å². The Balaban J connectivity index is 0.000000211. The van der Waals surface area contributed by atoms with Crippen LogP contribution >= 0.6 is 0 Å². The maximum atomic E-state index is 10.4. The van der Waals surface area contributed by atoms with E-state index in [4.69, 9.17) is 16.6 Å². The number of carbonyl (C=O) groups excluding carboxylic acids is 1. The van der Waals surface area contributed by atoms with Gasteiger partial charge >= 0.3 is 5.97 Å². The zero-order valence-corrected chi connectivity index (χ0v) is 11.5. The highest BCUT2D eigenvalue weighted by Gasteiger charge is 1.98. The molecule has 0 spiro atoms. The Bertz CT molecular complexity index is 597. The largest absolute Gasteiger partial charge is 0.481 e. The fourth-order valence-corrected chi connectivity index (χ4v) is 1.67. The van der Waals surface area contributed by atoms with Crippen molar-refractivity contribution in [3.63, 3.8) is 0 Å². The van der Waals surface area contributed by atoms with E-state index in [0.717, 1.165) is 11.1 Å². The van der Waals surface area contributed by atoms with Gasteiger partial charge in [-0.2, -0.15) is 0 Å². The molecule has 0 heterocycles. The number of carboxylic acids is 1. The van der Waals surface area contributed by atoms with Crippen molar-refractivity contribution in [3.05, 3.63) is 65.7 Å². The van der Waals surface area contributed by atoms with Gasteiger partial charge in [-0.15, -0.1) is 0 Å². The summed E-state index contributed by atoms with van der Waals surface area (Å²) in [5.74, 6) is -1.12. The molecule has 0 saturated carbocycles. The highest BCUT2D eigenvalue weighted by molar-refractivity contribution is 5.76. The highest BCUT2D eigenvalue weighted by Crippen LogP contribution is 2.06. The second kappa shape index (κ2) is 8.37. The summed E-state index contributed by atoms with van der Waals surface area (Å²) in [6.07, 6.45) is 0.367. The number of anilines is 1. The number of primary amides is 1. The van der Waals surface area contributed by atoms with Crippen LogP contribution in [0.5, 0.6) is 0 Å². The molecule has 0 fully saturated rings. The fraction of sp³-hybridized carbons (Fsp3) is 0.125. The summed E-state index contributed by atoms with van der Waals surface area (Å²) in [5.41, 5.74) is 12.7. The molecular formula is C16H18N2O3. The van der Waals surface area contributed by atoms with E-state index in [9.17, 15) is 9.59 Å². The Labute approximate surface area is 123 Å². The van der Waals surface area contributed by atoms with Gasteiger partial charge in [-0.3, -0.25) is 9.59 Å². The second-order valence-electron chi connectivity index (χ2n) is 4.44. The molecule has 5 heteroatoms. The van der Waals surface area contributed by atoms with Gasteiger partial charge in [0.2, 0.25) is 5.91 Å². The molecule has 21 heavy (non-hydrogen) atoms. The van der Waals surface area contributed by atoms with Gasteiger partial charge in [0.1, 0.15) is 0 Å². The van der Waals surface area contributed by atoms with E-state index in [1.54, 1.807) is 24.3 Å². The number of carboxylic acid groups (broad SMARTS) is 1. The van der Waals surface area contributed by atoms with Gasteiger partial charge in [0.15, 0.2) is 0 Å².